The first kappa shape index (κ1) is 17.0. The number of para-hydroxylation sites is 1. The van der Waals surface area contributed by atoms with Crippen LogP contribution in [0.25, 0.3) is 0 Å². The Kier molecular flexibility index (Phi) is 4.70. The van der Waals surface area contributed by atoms with Gasteiger partial charge in [-0.1, -0.05) is 18.2 Å². The Balaban J connectivity index is 2.63. The zero-order valence-corrected chi connectivity index (χ0v) is 13.6. The normalized spacial score (nSPS) is 11.3. The van der Waals surface area contributed by atoms with Crippen LogP contribution in [0.1, 0.15) is 11.1 Å². The number of halogens is 1. The number of amides is 1. The fourth-order valence-electron chi connectivity index (χ4n) is 2.36. The van der Waals surface area contributed by atoms with Crippen molar-refractivity contribution in [3.8, 4) is 0 Å². The summed E-state index contributed by atoms with van der Waals surface area (Å²) in [5.74, 6) is -1.32. The number of benzene rings is 2. The molecule has 0 fully saturated rings. The number of hydrogen-bond donors (Lipinski definition) is 1. The van der Waals surface area contributed by atoms with Gasteiger partial charge in [0.2, 0.25) is 5.91 Å². The second-order valence-electron chi connectivity index (χ2n) is 5.17. The second kappa shape index (κ2) is 6.37. The van der Waals surface area contributed by atoms with Crippen LogP contribution in [0.2, 0.25) is 0 Å². The maximum Gasteiger partial charge on any atom is 0.264 e. The van der Waals surface area contributed by atoms with Gasteiger partial charge in [0, 0.05) is 0 Å². The van der Waals surface area contributed by atoms with Crippen molar-refractivity contribution >= 4 is 21.6 Å². The molecule has 0 bridgehead atoms. The summed E-state index contributed by atoms with van der Waals surface area (Å²) in [4.78, 5) is 11.3. The number of anilines is 1. The Morgan fingerprint density at radius 1 is 1.09 bits per heavy atom. The summed E-state index contributed by atoms with van der Waals surface area (Å²) >= 11 is 0. The van der Waals surface area contributed by atoms with Crippen LogP contribution in [0.3, 0.4) is 0 Å². The summed E-state index contributed by atoms with van der Waals surface area (Å²) in [5, 5.41) is 0. The van der Waals surface area contributed by atoms with E-state index in [0.29, 0.717) is 16.8 Å². The van der Waals surface area contributed by atoms with E-state index in [9.17, 15) is 17.6 Å². The van der Waals surface area contributed by atoms with Crippen LogP contribution in [-0.4, -0.2) is 20.9 Å². The fraction of sp³-hybridized carbons (Fsp3) is 0.188. The first-order chi connectivity index (χ1) is 10.7. The number of nitrogens with two attached hydrogens (primary N) is 1. The van der Waals surface area contributed by atoms with E-state index in [1.807, 2.05) is 0 Å². The zero-order chi connectivity index (χ0) is 17.2. The van der Waals surface area contributed by atoms with Crippen molar-refractivity contribution in [1.82, 2.24) is 0 Å². The molecule has 0 unspecified atom stereocenters. The smallest absolute Gasteiger partial charge is 0.264 e. The van der Waals surface area contributed by atoms with E-state index in [-0.39, 0.29) is 4.90 Å². The lowest BCUT2D eigenvalue weighted by atomic mass is 10.1. The summed E-state index contributed by atoms with van der Waals surface area (Å²) in [6, 6.07) is 9.72. The molecule has 2 aromatic rings. The molecule has 0 aliphatic carbocycles. The molecule has 1 amide bonds. The van der Waals surface area contributed by atoms with E-state index in [4.69, 9.17) is 5.73 Å². The average Bonchev–Trinajstić information content (AvgIpc) is 2.46. The number of carbonyl (C=O) groups is 1. The minimum absolute atomic E-state index is 0.109. The van der Waals surface area contributed by atoms with Gasteiger partial charge in [0.05, 0.1) is 10.6 Å². The van der Waals surface area contributed by atoms with Gasteiger partial charge >= 0.3 is 0 Å². The minimum atomic E-state index is -4.05. The number of primary amides is 1. The topological polar surface area (TPSA) is 80.5 Å². The largest absolute Gasteiger partial charge is 0.368 e. The summed E-state index contributed by atoms with van der Waals surface area (Å²) in [6.07, 6.45) is 0. The van der Waals surface area contributed by atoms with Crippen LogP contribution in [0.5, 0.6) is 0 Å². The van der Waals surface area contributed by atoms with Crippen molar-refractivity contribution in [3.05, 3.63) is 59.4 Å². The van der Waals surface area contributed by atoms with Crippen molar-refractivity contribution < 1.29 is 17.6 Å². The Labute approximate surface area is 134 Å². The molecule has 0 aliphatic rings. The summed E-state index contributed by atoms with van der Waals surface area (Å²) in [6.45, 7) is 3.00. The van der Waals surface area contributed by atoms with Gasteiger partial charge < -0.3 is 5.73 Å². The van der Waals surface area contributed by atoms with Gasteiger partial charge in [-0.25, -0.2) is 12.8 Å². The van der Waals surface area contributed by atoms with Crippen molar-refractivity contribution in [2.24, 2.45) is 5.73 Å². The van der Waals surface area contributed by atoms with Crippen molar-refractivity contribution in [1.29, 1.82) is 0 Å². The predicted molar refractivity (Wildman–Crippen MR) is 86.0 cm³/mol. The molecule has 2 N–H and O–H groups in total. The molecule has 0 spiro atoms. The first-order valence-electron chi connectivity index (χ1n) is 6.86. The Bertz CT molecular complexity index is 813. The average molecular weight is 336 g/mol. The molecule has 0 aliphatic heterocycles. The van der Waals surface area contributed by atoms with E-state index in [1.54, 1.807) is 32.0 Å². The third-order valence-electron chi connectivity index (χ3n) is 3.39. The molecule has 2 aromatic carbocycles. The number of rotatable bonds is 5. The summed E-state index contributed by atoms with van der Waals surface area (Å²) in [7, 11) is -4.05. The van der Waals surface area contributed by atoms with Crippen LogP contribution in [-0.2, 0) is 14.8 Å². The van der Waals surface area contributed by atoms with Crippen molar-refractivity contribution in [2.75, 3.05) is 10.8 Å². The van der Waals surface area contributed by atoms with Gasteiger partial charge in [-0.15, -0.1) is 0 Å². The van der Waals surface area contributed by atoms with Gasteiger partial charge in [-0.05, 0) is 49.2 Å². The minimum Gasteiger partial charge on any atom is -0.368 e. The molecule has 0 radical (unpaired) electrons. The van der Waals surface area contributed by atoms with E-state index in [1.165, 1.54) is 0 Å². The molecule has 0 saturated carbocycles. The van der Waals surface area contributed by atoms with Crippen molar-refractivity contribution in [3.63, 3.8) is 0 Å². The molecule has 5 nitrogen and oxygen atoms in total. The van der Waals surface area contributed by atoms with E-state index < -0.39 is 28.3 Å². The zero-order valence-electron chi connectivity index (χ0n) is 12.8. The Morgan fingerprint density at radius 3 is 2.09 bits per heavy atom. The molecule has 0 saturated heterocycles. The summed E-state index contributed by atoms with van der Waals surface area (Å²) in [5.41, 5.74) is 7.01. The number of hydrogen-bond acceptors (Lipinski definition) is 3. The number of nitrogens with zero attached hydrogens (tertiary/aromatic N) is 1. The Morgan fingerprint density at radius 2 is 1.61 bits per heavy atom. The molecular weight excluding hydrogens is 319 g/mol. The molecule has 7 heteroatoms. The SMILES string of the molecule is Cc1cccc(C)c1N(CC(N)=O)S(=O)(=O)c1ccc(F)cc1. The molecule has 0 aromatic heterocycles. The molecule has 0 heterocycles. The quantitative estimate of drug-likeness (QED) is 0.908. The highest BCUT2D eigenvalue weighted by atomic mass is 32.2. The van der Waals surface area contributed by atoms with E-state index in [0.717, 1.165) is 28.6 Å². The first-order valence-corrected chi connectivity index (χ1v) is 8.30. The molecule has 122 valence electrons. The third-order valence-corrected chi connectivity index (χ3v) is 5.15. The Hall–Kier alpha value is -2.41. The highest BCUT2D eigenvalue weighted by molar-refractivity contribution is 7.92. The highest BCUT2D eigenvalue weighted by Crippen LogP contribution is 2.29. The summed E-state index contributed by atoms with van der Waals surface area (Å²) < 4.78 is 39.8. The molecule has 23 heavy (non-hydrogen) atoms. The van der Waals surface area contributed by atoms with Crippen molar-refractivity contribution in [2.45, 2.75) is 18.7 Å². The van der Waals surface area contributed by atoms with E-state index in [2.05, 4.69) is 0 Å². The maximum atomic E-state index is 13.1. The van der Waals surface area contributed by atoms with Crippen LogP contribution < -0.4 is 10.0 Å². The highest BCUT2D eigenvalue weighted by Gasteiger charge is 2.28. The van der Waals surface area contributed by atoms with Crippen LogP contribution in [0, 0.1) is 19.7 Å². The molecular formula is C16H17FN2O3S. The monoisotopic (exact) mass is 336 g/mol. The second-order valence-corrected chi connectivity index (χ2v) is 7.03. The van der Waals surface area contributed by atoms with Crippen LogP contribution >= 0.6 is 0 Å². The third kappa shape index (κ3) is 3.50. The fourth-order valence-corrected chi connectivity index (χ4v) is 3.92. The van der Waals surface area contributed by atoms with Gasteiger partial charge in [-0.3, -0.25) is 9.10 Å². The van der Waals surface area contributed by atoms with Crippen LogP contribution in [0.15, 0.2) is 47.4 Å². The van der Waals surface area contributed by atoms with Gasteiger partial charge in [-0.2, -0.15) is 0 Å². The van der Waals surface area contributed by atoms with Crippen LogP contribution in [0.4, 0.5) is 10.1 Å². The standard InChI is InChI=1S/C16H17FN2O3S/c1-11-4-3-5-12(2)16(11)19(10-15(18)20)23(21,22)14-8-6-13(17)7-9-14/h3-9H,10H2,1-2H3,(H2,18,20). The number of aryl methyl sites for hydroxylation is 2. The maximum absolute atomic E-state index is 13.1. The lowest BCUT2D eigenvalue weighted by Crippen LogP contribution is -2.39. The molecule has 0 atom stereocenters. The van der Waals surface area contributed by atoms with Gasteiger partial charge in [0.15, 0.2) is 0 Å². The number of sulfonamides is 1. The molecule has 2 rings (SSSR count). The van der Waals surface area contributed by atoms with Gasteiger partial charge in [0.25, 0.3) is 10.0 Å². The predicted octanol–water partition coefficient (Wildman–Crippen LogP) is 2.12. The lowest BCUT2D eigenvalue weighted by Gasteiger charge is -2.26. The van der Waals surface area contributed by atoms with E-state index >= 15 is 0 Å². The number of carbonyl (C=O) groups excluding carboxylic acids is 1. The lowest BCUT2D eigenvalue weighted by molar-refractivity contribution is -0.116. The van der Waals surface area contributed by atoms with Gasteiger partial charge in [0.1, 0.15) is 12.4 Å².